The lowest BCUT2D eigenvalue weighted by Crippen LogP contribution is -2.40. The van der Waals surface area contributed by atoms with Crippen molar-refractivity contribution >= 4 is 5.91 Å². The van der Waals surface area contributed by atoms with E-state index in [1.807, 2.05) is 19.9 Å². The maximum Gasteiger partial charge on any atom is 0.288 e. The Morgan fingerprint density at radius 2 is 1.96 bits per heavy atom. The second-order valence-corrected chi connectivity index (χ2v) is 7.13. The Hall–Kier alpha value is -3.30. The molecular formula is C18H22N8O2. The van der Waals surface area contributed by atoms with Gasteiger partial charge in [0.05, 0.1) is 11.7 Å². The number of rotatable bonds is 4. The summed E-state index contributed by atoms with van der Waals surface area (Å²) >= 11 is 0. The molecule has 0 aliphatic heterocycles. The molecule has 1 saturated carbocycles. The van der Waals surface area contributed by atoms with Crippen molar-refractivity contribution in [3.8, 4) is 5.82 Å². The molecule has 10 nitrogen and oxygen atoms in total. The van der Waals surface area contributed by atoms with Crippen molar-refractivity contribution < 1.29 is 4.79 Å². The van der Waals surface area contributed by atoms with Gasteiger partial charge in [-0.1, -0.05) is 0 Å². The van der Waals surface area contributed by atoms with Gasteiger partial charge in [-0.15, -0.1) is 5.10 Å². The van der Waals surface area contributed by atoms with Crippen LogP contribution >= 0.6 is 0 Å². The molecule has 0 aromatic carbocycles. The number of aromatic nitrogens is 7. The molecule has 28 heavy (non-hydrogen) atoms. The highest BCUT2D eigenvalue weighted by molar-refractivity contribution is 5.90. The highest BCUT2D eigenvalue weighted by Crippen LogP contribution is 2.27. The highest BCUT2D eigenvalue weighted by Gasteiger charge is 2.26. The quantitative estimate of drug-likeness (QED) is 0.696. The van der Waals surface area contributed by atoms with Crippen LogP contribution in [0.5, 0.6) is 0 Å². The van der Waals surface area contributed by atoms with Gasteiger partial charge in [0.15, 0.2) is 5.82 Å². The van der Waals surface area contributed by atoms with Crippen LogP contribution in [0.4, 0.5) is 0 Å². The Bertz CT molecular complexity index is 1030. The van der Waals surface area contributed by atoms with Gasteiger partial charge in [-0.3, -0.25) is 14.7 Å². The Balaban J connectivity index is 1.46. The summed E-state index contributed by atoms with van der Waals surface area (Å²) in [4.78, 5) is 28.3. The van der Waals surface area contributed by atoms with Gasteiger partial charge in [-0.05, 0) is 51.7 Å². The van der Waals surface area contributed by atoms with Gasteiger partial charge in [0.25, 0.3) is 11.5 Å². The fourth-order valence-corrected chi connectivity index (χ4v) is 3.68. The van der Waals surface area contributed by atoms with Crippen molar-refractivity contribution in [2.45, 2.75) is 51.6 Å². The number of aryl methyl sites for hydroxylation is 2. The Morgan fingerprint density at radius 3 is 2.61 bits per heavy atom. The number of nitrogens with zero attached hydrogens (tertiary/aromatic N) is 6. The number of aromatic amines is 1. The smallest absolute Gasteiger partial charge is 0.288 e. The molecule has 3 aromatic heterocycles. The Labute approximate surface area is 161 Å². The molecule has 4 rings (SSSR count). The summed E-state index contributed by atoms with van der Waals surface area (Å²) in [5, 5.41) is 18.2. The first kappa shape index (κ1) is 18.1. The van der Waals surface area contributed by atoms with Crippen molar-refractivity contribution in [2.24, 2.45) is 0 Å². The van der Waals surface area contributed by atoms with E-state index in [1.165, 1.54) is 12.4 Å². The van der Waals surface area contributed by atoms with Crippen molar-refractivity contribution in [1.29, 1.82) is 0 Å². The van der Waals surface area contributed by atoms with Crippen LogP contribution in [0.3, 0.4) is 0 Å². The fraction of sp³-hybridized carbons (Fsp3) is 0.444. The van der Waals surface area contributed by atoms with Crippen molar-refractivity contribution in [2.75, 3.05) is 0 Å². The molecule has 1 aliphatic rings. The lowest BCUT2D eigenvalue weighted by Gasteiger charge is -2.29. The Morgan fingerprint density at radius 1 is 1.18 bits per heavy atom. The lowest BCUT2D eigenvalue weighted by atomic mass is 9.91. The van der Waals surface area contributed by atoms with Crippen LogP contribution < -0.4 is 10.9 Å². The maximum atomic E-state index is 12.4. The molecule has 2 N–H and O–H groups in total. The van der Waals surface area contributed by atoms with E-state index in [4.69, 9.17) is 0 Å². The molecule has 3 heterocycles. The molecule has 0 unspecified atom stereocenters. The summed E-state index contributed by atoms with van der Waals surface area (Å²) in [5.41, 5.74) is 1.74. The van der Waals surface area contributed by atoms with Crippen LogP contribution in [0.2, 0.25) is 0 Å². The molecule has 1 aliphatic carbocycles. The molecule has 1 amide bonds. The number of carbonyl (C=O) groups excluding carboxylic acids is 1. The SMILES string of the molecule is Cc1cc(C)n(-c2ccc(=O)n(C3CCC(NC(=O)c4ncn[nH]4)CC3)n2)n1. The first-order chi connectivity index (χ1) is 13.5. The standard InChI is InChI=1S/C18H22N8O2/c1-11-9-12(2)25(23-11)15-7-8-16(27)26(24-15)14-5-3-13(4-6-14)21-18(28)17-19-10-20-22-17/h7-10,13-14H,3-6H2,1-2H3,(H,21,28)(H,19,20,22). The predicted octanol–water partition coefficient (Wildman–Crippen LogP) is 1.08. The predicted molar refractivity (Wildman–Crippen MR) is 100 cm³/mol. The topological polar surface area (TPSA) is 123 Å². The van der Waals surface area contributed by atoms with Gasteiger partial charge in [-0.25, -0.2) is 14.3 Å². The van der Waals surface area contributed by atoms with E-state index >= 15 is 0 Å². The van der Waals surface area contributed by atoms with E-state index in [1.54, 1.807) is 15.4 Å². The van der Waals surface area contributed by atoms with Crippen LogP contribution in [0.25, 0.3) is 5.82 Å². The number of nitrogens with one attached hydrogen (secondary N) is 2. The summed E-state index contributed by atoms with van der Waals surface area (Å²) in [6.07, 6.45) is 4.36. The van der Waals surface area contributed by atoms with Crippen molar-refractivity contribution in [1.82, 2.24) is 40.1 Å². The second kappa shape index (κ2) is 7.37. The molecular weight excluding hydrogens is 360 g/mol. The summed E-state index contributed by atoms with van der Waals surface area (Å²) in [5.74, 6) is 0.575. The monoisotopic (exact) mass is 382 g/mol. The van der Waals surface area contributed by atoms with Crippen LogP contribution in [0.15, 0.2) is 29.3 Å². The van der Waals surface area contributed by atoms with Crippen LogP contribution in [0, 0.1) is 13.8 Å². The van der Waals surface area contributed by atoms with Crippen LogP contribution in [0.1, 0.15) is 53.7 Å². The number of hydrogen-bond donors (Lipinski definition) is 2. The fourth-order valence-electron chi connectivity index (χ4n) is 3.68. The first-order valence-corrected chi connectivity index (χ1v) is 9.31. The first-order valence-electron chi connectivity index (χ1n) is 9.31. The van der Waals surface area contributed by atoms with E-state index in [0.29, 0.717) is 5.82 Å². The van der Waals surface area contributed by atoms with Crippen LogP contribution in [-0.2, 0) is 0 Å². The zero-order valence-electron chi connectivity index (χ0n) is 15.8. The van der Waals surface area contributed by atoms with E-state index in [2.05, 4.69) is 30.7 Å². The minimum Gasteiger partial charge on any atom is -0.347 e. The summed E-state index contributed by atoms with van der Waals surface area (Å²) in [6, 6.07) is 5.25. The molecule has 0 saturated heterocycles. The highest BCUT2D eigenvalue weighted by atomic mass is 16.2. The maximum absolute atomic E-state index is 12.4. The zero-order chi connectivity index (χ0) is 19.7. The average Bonchev–Trinajstić information content (AvgIpc) is 3.33. The van der Waals surface area contributed by atoms with Gasteiger partial charge in [0, 0.05) is 17.8 Å². The van der Waals surface area contributed by atoms with E-state index in [-0.39, 0.29) is 29.4 Å². The minimum atomic E-state index is -0.261. The molecule has 1 fully saturated rings. The van der Waals surface area contributed by atoms with E-state index in [9.17, 15) is 9.59 Å². The van der Waals surface area contributed by atoms with E-state index in [0.717, 1.165) is 37.1 Å². The third-order valence-electron chi connectivity index (χ3n) is 5.05. The molecule has 10 heteroatoms. The van der Waals surface area contributed by atoms with Crippen molar-refractivity contribution in [3.05, 3.63) is 52.1 Å². The minimum absolute atomic E-state index is 0.00264. The Kier molecular flexibility index (Phi) is 4.76. The normalized spacial score (nSPS) is 19.5. The summed E-state index contributed by atoms with van der Waals surface area (Å²) in [7, 11) is 0. The molecule has 146 valence electrons. The summed E-state index contributed by atoms with van der Waals surface area (Å²) < 4.78 is 3.30. The molecule has 0 bridgehead atoms. The van der Waals surface area contributed by atoms with Gasteiger partial charge in [0.2, 0.25) is 5.82 Å². The molecule has 0 radical (unpaired) electrons. The summed E-state index contributed by atoms with van der Waals surface area (Å²) in [6.45, 7) is 3.88. The van der Waals surface area contributed by atoms with Crippen molar-refractivity contribution in [3.63, 3.8) is 0 Å². The lowest BCUT2D eigenvalue weighted by molar-refractivity contribution is 0.0911. The number of amides is 1. The number of H-pyrrole nitrogens is 1. The van der Waals surface area contributed by atoms with Gasteiger partial charge < -0.3 is 5.32 Å². The number of carbonyl (C=O) groups is 1. The third kappa shape index (κ3) is 3.57. The molecule has 0 spiro atoms. The largest absolute Gasteiger partial charge is 0.347 e. The number of hydrogen-bond acceptors (Lipinski definition) is 6. The van der Waals surface area contributed by atoms with Gasteiger partial charge in [-0.2, -0.15) is 10.2 Å². The third-order valence-corrected chi connectivity index (χ3v) is 5.05. The van der Waals surface area contributed by atoms with Gasteiger partial charge in [0.1, 0.15) is 6.33 Å². The molecule has 3 aromatic rings. The van der Waals surface area contributed by atoms with Crippen LogP contribution in [-0.4, -0.2) is 46.7 Å². The van der Waals surface area contributed by atoms with Gasteiger partial charge >= 0.3 is 0 Å². The average molecular weight is 382 g/mol. The zero-order valence-corrected chi connectivity index (χ0v) is 15.8. The van der Waals surface area contributed by atoms with E-state index < -0.39 is 0 Å². The second-order valence-electron chi connectivity index (χ2n) is 7.13. The molecule has 0 atom stereocenters.